The molecule has 2 aliphatic heterocycles. The fraction of sp³-hybridized carbons (Fsp3) is 0.375. The van der Waals surface area contributed by atoms with Gasteiger partial charge in [0, 0.05) is 30.4 Å². The van der Waals surface area contributed by atoms with Crippen molar-refractivity contribution in [3.05, 3.63) is 70.7 Å². The zero-order chi connectivity index (χ0) is 31.8. The fourth-order valence-electron chi connectivity index (χ4n) is 5.45. The summed E-state index contributed by atoms with van der Waals surface area (Å²) in [5.74, 6) is 0.138. The van der Waals surface area contributed by atoms with Crippen LogP contribution in [0.15, 0.2) is 59.5 Å². The molecule has 10 nitrogen and oxygen atoms in total. The van der Waals surface area contributed by atoms with Gasteiger partial charge >= 0.3 is 5.97 Å². The topological polar surface area (TPSA) is 126 Å². The van der Waals surface area contributed by atoms with Crippen molar-refractivity contribution in [2.75, 3.05) is 24.3 Å². The van der Waals surface area contributed by atoms with E-state index in [0.717, 1.165) is 5.56 Å². The number of ether oxygens (including phenoxy) is 2. The molecular formula is C32H37ClN4O6S. The Bertz CT molecular complexity index is 1690. The van der Waals surface area contributed by atoms with Crippen LogP contribution in [0.1, 0.15) is 50.0 Å². The van der Waals surface area contributed by atoms with Gasteiger partial charge in [-0.1, -0.05) is 23.7 Å². The lowest BCUT2D eigenvalue weighted by Gasteiger charge is -2.22. The predicted molar refractivity (Wildman–Crippen MR) is 171 cm³/mol. The average molecular weight is 641 g/mol. The molecule has 0 aromatic heterocycles. The molecule has 0 bridgehead atoms. The highest BCUT2D eigenvalue weighted by atomic mass is 35.5. The molecule has 3 aromatic rings. The quantitative estimate of drug-likeness (QED) is 0.241. The number of carbonyl (C=O) groups excluding carboxylic acids is 2. The molecule has 2 aliphatic rings. The number of para-hydroxylation sites is 1. The Morgan fingerprint density at radius 3 is 2.48 bits per heavy atom. The number of methoxy groups -OCH3 is 1. The molecule has 44 heavy (non-hydrogen) atoms. The summed E-state index contributed by atoms with van der Waals surface area (Å²) in [6.07, 6.45) is 0.359. The lowest BCUT2D eigenvalue weighted by molar-refractivity contribution is -0.142. The summed E-state index contributed by atoms with van der Waals surface area (Å²) >= 11 is 6.54. The van der Waals surface area contributed by atoms with Crippen molar-refractivity contribution >= 4 is 56.1 Å². The minimum Gasteiger partial charge on any atom is -0.489 e. The standard InChI is InChI=1S/C32H37ClN4O6S/c1-18(2)43-29-12-20-17-37(22-14-28(34-16-22)32(39)42-5)31(38)23(20)15-27(29)35-21-10-11-24(33)26(13-21)36-25-8-6-7-9-30(25)44(40,41)19(3)4/h6-13,15,18-19,22,28,34-36H,14,16-17H2,1-5H3/t22-,28-/m0/s1. The molecule has 2 heterocycles. The Kier molecular flexibility index (Phi) is 9.10. The van der Waals surface area contributed by atoms with Gasteiger partial charge in [0.2, 0.25) is 0 Å². The number of nitrogens with one attached hydrogen (secondary N) is 3. The highest BCUT2D eigenvalue weighted by Crippen LogP contribution is 2.39. The maximum atomic E-state index is 13.6. The first-order valence-electron chi connectivity index (χ1n) is 14.5. The summed E-state index contributed by atoms with van der Waals surface area (Å²) in [4.78, 5) is 27.6. The molecule has 12 heteroatoms. The Morgan fingerprint density at radius 2 is 1.77 bits per heavy atom. The average Bonchev–Trinajstić information content (AvgIpc) is 3.59. The van der Waals surface area contributed by atoms with E-state index in [1.54, 1.807) is 67.3 Å². The molecule has 1 saturated heterocycles. The smallest absolute Gasteiger partial charge is 0.322 e. The van der Waals surface area contributed by atoms with E-state index in [0.29, 0.717) is 58.6 Å². The van der Waals surface area contributed by atoms with Crippen molar-refractivity contribution in [3.63, 3.8) is 0 Å². The van der Waals surface area contributed by atoms with E-state index < -0.39 is 21.1 Å². The predicted octanol–water partition coefficient (Wildman–Crippen LogP) is 5.66. The number of nitrogens with zero attached hydrogens (tertiary/aromatic N) is 1. The van der Waals surface area contributed by atoms with Crippen LogP contribution in [-0.2, 0) is 25.9 Å². The number of sulfone groups is 1. The van der Waals surface area contributed by atoms with E-state index in [1.807, 2.05) is 19.9 Å². The van der Waals surface area contributed by atoms with Gasteiger partial charge in [0.15, 0.2) is 9.84 Å². The first-order chi connectivity index (χ1) is 20.9. The second-order valence-electron chi connectivity index (χ2n) is 11.5. The number of rotatable bonds is 10. The molecule has 0 unspecified atom stereocenters. The van der Waals surface area contributed by atoms with Gasteiger partial charge in [0.1, 0.15) is 11.8 Å². The molecule has 0 aliphatic carbocycles. The van der Waals surface area contributed by atoms with Crippen molar-refractivity contribution in [1.82, 2.24) is 10.2 Å². The summed E-state index contributed by atoms with van der Waals surface area (Å²) in [7, 11) is -2.19. The van der Waals surface area contributed by atoms with E-state index in [-0.39, 0.29) is 28.9 Å². The second kappa shape index (κ2) is 12.7. The van der Waals surface area contributed by atoms with Crippen LogP contribution >= 0.6 is 11.6 Å². The Hall–Kier alpha value is -3.80. The Labute approximate surface area is 263 Å². The van der Waals surface area contributed by atoms with Crippen LogP contribution in [0.2, 0.25) is 5.02 Å². The zero-order valence-corrected chi connectivity index (χ0v) is 26.9. The molecule has 1 amide bonds. The van der Waals surface area contributed by atoms with E-state index >= 15 is 0 Å². The van der Waals surface area contributed by atoms with Crippen molar-refractivity contribution in [3.8, 4) is 5.75 Å². The molecule has 3 N–H and O–H groups in total. The number of esters is 1. The number of hydrogen-bond acceptors (Lipinski definition) is 9. The van der Waals surface area contributed by atoms with Crippen molar-refractivity contribution < 1.29 is 27.5 Å². The summed E-state index contributed by atoms with van der Waals surface area (Å²) in [5.41, 5.74) is 3.58. The van der Waals surface area contributed by atoms with Crippen LogP contribution in [0.4, 0.5) is 22.7 Å². The normalized spacial score (nSPS) is 18.1. The zero-order valence-electron chi connectivity index (χ0n) is 25.3. The maximum absolute atomic E-state index is 13.6. The number of hydrogen-bond donors (Lipinski definition) is 3. The van der Waals surface area contributed by atoms with E-state index in [4.69, 9.17) is 21.1 Å². The molecule has 2 atom stereocenters. The third-order valence-electron chi connectivity index (χ3n) is 7.76. The molecule has 1 fully saturated rings. The van der Waals surface area contributed by atoms with Crippen LogP contribution in [-0.4, -0.2) is 62.3 Å². The molecule has 234 valence electrons. The van der Waals surface area contributed by atoms with Gasteiger partial charge in [-0.3, -0.25) is 9.59 Å². The lowest BCUT2D eigenvalue weighted by Crippen LogP contribution is -2.36. The van der Waals surface area contributed by atoms with Gasteiger partial charge in [-0.15, -0.1) is 0 Å². The summed E-state index contributed by atoms with van der Waals surface area (Å²) in [6.45, 7) is 8.06. The van der Waals surface area contributed by atoms with Gasteiger partial charge in [-0.2, -0.15) is 0 Å². The number of halogens is 1. The van der Waals surface area contributed by atoms with Gasteiger partial charge in [-0.25, -0.2) is 8.42 Å². The summed E-state index contributed by atoms with van der Waals surface area (Å²) in [5, 5.41) is 9.53. The van der Waals surface area contributed by atoms with E-state index in [9.17, 15) is 18.0 Å². The maximum Gasteiger partial charge on any atom is 0.322 e. The lowest BCUT2D eigenvalue weighted by atomic mass is 10.1. The molecule has 3 aromatic carbocycles. The van der Waals surface area contributed by atoms with Crippen LogP contribution < -0.4 is 20.7 Å². The van der Waals surface area contributed by atoms with Crippen LogP contribution in [0, 0.1) is 0 Å². The number of benzene rings is 3. The van der Waals surface area contributed by atoms with Gasteiger partial charge < -0.3 is 30.3 Å². The number of fused-ring (bicyclic) bond motifs is 1. The van der Waals surface area contributed by atoms with Gasteiger partial charge in [-0.05, 0) is 82.1 Å². The highest BCUT2D eigenvalue weighted by Gasteiger charge is 2.40. The number of carbonyl (C=O) groups is 2. The number of anilines is 4. The van der Waals surface area contributed by atoms with Crippen molar-refractivity contribution in [2.45, 2.75) is 69.0 Å². The van der Waals surface area contributed by atoms with E-state index in [2.05, 4.69) is 16.0 Å². The third-order valence-corrected chi connectivity index (χ3v) is 10.3. The summed E-state index contributed by atoms with van der Waals surface area (Å²) in [6, 6.07) is 15.1. The SMILES string of the molecule is COC(=O)[C@@H]1C[C@H](N2Cc3cc(OC(C)C)c(Nc4ccc(Cl)c(Nc5ccccc5S(=O)(=O)C(C)C)c4)cc3C2=O)CN1. The Morgan fingerprint density at radius 1 is 1.02 bits per heavy atom. The monoisotopic (exact) mass is 640 g/mol. The first-order valence-corrected chi connectivity index (χ1v) is 16.4. The minimum atomic E-state index is -3.55. The van der Waals surface area contributed by atoms with Crippen LogP contribution in [0.3, 0.4) is 0 Å². The fourth-order valence-corrected chi connectivity index (χ4v) is 6.82. The second-order valence-corrected chi connectivity index (χ2v) is 14.4. The van der Waals surface area contributed by atoms with Crippen molar-refractivity contribution in [2.24, 2.45) is 0 Å². The molecule has 5 rings (SSSR count). The minimum absolute atomic E-state index is 0.113. The number of amides is 1. The van der Waals surface area contributed by atoms with Gasteiger partial charge in [0.05, 0.1) is 45.4 Å². The molecule has 0 radical (unpaired) electrons. The van der Waals surface area contributed by atoms with Crippen molar-refractivity contribution in [1.29, 1.82) is 0 Å². The molecule has 0 saturated carbocycles. The summed E-state index contributed by atoms with van der Waals surface area (Å²) < 4.78 is 37.0. The van der Waals surface area contributed by atoms with Crippen LogP contribution in [0.5, 0.6) is 5.75 Å². The molecular weight excluding hydrogens is 604 g/mol. The van der Waals surface area contributed by atoms with Crippen LogP contribution in [0.25, 0.3) is 0 Å². The van der Waals surface area contributed by atoms with Gasteiger partial charge in [0.25, 0.3) is 5.91 Å². The Balaban J connectivity index is 1.43. The molecule has 0 spiro atoms. The largest absolute Gasteiger partial charge is 0.489 e. The van der Waals surface area contributed by atoms with E-state index in [1.165, 1.54) is 7.11 Å². The highest BCUT2D eigenvalue weighted by molar-refractivity contribution is 7.92. The first kappa shape index (κ1) is 31.6. The third kappa shape index (κ3) is 6.36.